The average molecular weight is 315 g/mol. The van der Waals surface area contributed by atoms with Crippen molar-refractivity contribution in [1.82, 2.24) is 0 Å². The van der Waals surface area contributed by atoms with Crippen molar-refractivity contribution in [1.29, 1.82) is 0 Å². The summed E-state index contributed by atoms with van der Waals surface area (Å²) in [5.74, 6) is 0. The molecule has 0 amide bonds. The van der Waals surface area contributed by atoms with Gasteiger partial charge in [0.25, 0.3) is 0 Å². The first kappa shape index (κ1) is 13.9. The van der Waals surface area contributed by atoms with Crippen molar-refractivity contribution in [2.24, 2.45) is 0 Å². The highest BCUT2D eigenvalue weighted by molar-refractivity contribution is 7.19. The van der Waals surface area contributed by atoms with Gasteiger partial charge in [0.05, 0.1) is 9.72 Å². The van der Waals surface area contributed by atoms with Gasteiger partial charge in [-0.05, 0) is 43.5 Å². The zero-order valence-electron chi connectivity index (χ0n) is 10.0. The molecule has 0 atom stereocenters. The lowest BCUT2D eigenvalue weighted by Crippen LogP contribution is -1.66. The van der Waals surface area contributed by atoms with E-state index in [1.165, 1.54) is 9.75 Å². The second-order valence-corrected chi connectivity index (χ2v) is 7.08. The number of thiophene rings is 2. The van der Waals surface area contributed by atoms with E-state index < -0.39 is 0 Å². The van der Waals surface area contributed by atoms with Crippen LogP contribution in [0.5, 0.6) is 0 Å². The third-order valence-electron chi connectivity index (χ3n) is 2.37. The van der Waals surface area contributed by atoms with Gasteiger partial charge in [0.1, 0.15) is 0 Å². The van der Waals surface area contributed by atoms with Crippen LogP contribution in [-0.2, 0) is 0 Å². The van der Waals surface area contributed by atoms with Gasteiger partial charge in [0, 0.05) is 20.2 Å². The Labute approximate surface area is 125 Å². The van der Waals surface area contributed by atoms with Crippen molar-refractivity contribution in [3.8, 4) is 0 Å². The van der Waals surface area contributed by atoms with Crippen LogP contribution < -0.4 is 0 Å². The monoisotopic (exact) mass is 314 g/mol. The SMILES string of the molecule is Cc1cc2c(Cl)ccc(Cl)c2s1.Cc1cccs1. The maximum Gasteiger partial charge on any atom is 0.0585 e. The molecule has 0 saturated heterocycles. The molecule has 0 radical (unpaired) electrons. The topological polar surface area (TPSA) is 0 Å². The van der Waals surface area contributed by atoms with E-state index in [2.05, 4.69) is 37.4 Å². The van der Waals surface area contributed by atoms with Crippen molar-refractivity contribution >= 4 is 56.0 Å². The molecule has 0 bridgehead atoms. The van der Waals surface area contributed by atoms with Crippen LogP contribution in [0.15, 0.2) is 35.7 Å². The van der Waals surface area contributed by atoms with Gasteiger partial charge in [-0.2, -0.15) is 0 Å². The van der Waals surface area contributed by atoms with E-state index >= 15 is 0 Å². The van der Waals surface area contributed by atoms with Gasteiger partial charge >= 0.3 is 0 Å². The Bertz CT molecular complexity index is 600. The fourth-order valence-electron chi connectivity index (χ4n) is 1.54. The molecule has 2 heterocycles. The highest BCUT2D eigenvalue weighted by Crippen LogP contribution is 2.35. The van der Waals surface area contributed by atoms with E-state index in [1.807, 2.05) is 12.1 Å². The molecule has 0 N–H and O–H groups in total. The number of hydrogen-bond acceptors (Lipinski definition) is 2. The zero-order chi connectivity index (χ0) is 13.1. The summed E-state index contributed by atoms with van der Waals surface area (Å²) in [5.41, 5.74) is 0. The van der Waals surface area contributed by atoms with Crippen molar-refractivity contribution in [2.75, 3.05) is 0 Å². The summed E-state index contributed by atoms with van der Waals surface area (Å²) in [7, 11) is 0. The molecular weight excluding hydrogens is 303 g/mol. The largest absolute Gasteiger partial charge is 0.149 e. The van der Waals surface area contributed by atoms with Gasteiger partial charge in [0.2, 0.25) is 0 Å². The van der Waals surface area contributed by atoms with Gasteiger partial charge < -0.3 is 0 Å². The minimum Gasteiger partial charge on any atom is -0.149 e. The normalized spacial score (nSPS) is 10.2. The summed E-state index contributed by atoms with van der Waals surface area (Å²) >= 11 is 15.4. The highest BCUT2D eigenvalue weighted by atomic mass is 35.5. The fourth-order valence-corrected chi connectivity index (χ4v) is 3.56. The molecule has 18 heavy (non-hydrogen) atoms. The number of fused-ring (bicyclic) bond motifs is 1. The molecule has 0 aliphatic heterocycles. The Morgan fingerprint density at radius 1 is 0.944 bits per heavy atom. The van der Waals surface area contributed by atoms with Gasteiger partial charge in [-0.1, -0.05) is 29.3 Å². The van der Waals surface area contributed by atoms with Gasteiger partial charge in [0.15, 0.2) is 0 Å². The molecule has 0 aliphatic rings. The number of aryl methyl sites for hydroxylation is 2. The minimum atomic E-state index is 0.777. The van der Waals surface area contributed by atoms with Crippen LogP contribution in [0.4, 0.5) is 0 Å². The molecule has 0 saturated carbocycles. The van der Waals surface area contributed by atoms with Crippen LogP contribution in [0.3, 0.4) is 0 Å². The van der Waals surface area contributed by atoms with Gasteiger partial charge in [-0.15, -0.1) is 22.7 Å². The lowest BCUT2D eigenvalue weighted by Gasteiger charge is -1.94. The Kier molecular flexibility index (Phi) is 4.68. The quantitative estimate of drug-likeness (QED) is 0.440. The molecule has 3 aromatic rings. The Morgan fingerprint density at radius 2 is 1.67 bits per heavy atom. The summed E-state index contributed by atoms with van der Waals surface area (Å²) in [6.07, 6.45) is 0. The van der Waals surface area contributed by atoms with Crippen LogP contribution in [0.2, 0.25) is 10.0 Å². The third kappa shape index (κ3) is 3.27. The Hall–Kier alpha value is -0.540. The second-order valence-electron chi connectivity index (χ2n) is 3.85. The summed E-state index contributed by atoms with van der Waals surface area (Å²) in [6.45, 7) is 4.15. The summed E-state index contributed by atoms with van der Waals surface area (Å²) < 4.78 is 1.08. The molecule has 0 fully saturated rings. The summed E-state index contributed by atoms with van der Waals surface area (Å²) in [4.78, 5) is 2.62. The molecular formula is C14H12Cl2S2. The minimum absolute atomic E-state index is 0.777. The Morgan fingerprint density at radius 3 is 2.17 bits per heavy atom. The Balaban J connectivity index is 0.000000169. The molecule has 2 aromatic heterocycles. The fraction of sp³-hybridized carbons (Fsp3) is 0.143. The lowest BCUT2D eigenvalue weighted by atomic mass is 10.2. The maximum absolute atomic E-state index is 5.99. The first-order chi connectivity index (χ1) is 8.58. The van der Waals surface area contributed by atoms with E-state index in [9.17, 15) is 0 Å². The predicted octanol–water partition coefficient (Wildman–Crippen LogP) is 6.57. The third-order valence-corrected chi connectivity index (χ3v) is 5.01. The van der Waals surface area contributed by atoms with Crippen LogP contribution in [0, 0.1) is 13.8 Å². The van der Waals surface area contributed by atoms with Gasteiger partial charge in [-0.25, -0.2) is 0 Å². The first-order valence-electron chi connectivity index (χ1n) is 5.42. The standard InChI is InChI=1S/C9H6Cl2S.C5H6S/c1-5-4-6-7(10)2-3-8(11)9(6)12-5;1-5-3-2-4-6-5/h2-4H,1H3;2-4H,1H3. The number of benzene rings is 1. The molecule has 0 spiro atoms. The molecule has 0 aliphatic carbocycles. The highest BCUT2D eigenvalue weighted by Gasteiger charge is 2.05. The number of rotatable bonds is 0. The molecule has 1 aromatic carbocycles. The average Bonchev–Trinajstić information content (AvgIpc) is 2.94. The zero-order valence-corrected chi connectivity index (χ0v) is 13.2. The van der Waals surface area contributed by atoms with E-state index in [-0.39, 0.29) is 0 Å². The smallest absolute Gasteiger partial charge is 0.0585 e. The van der Waals surface area contributed by atoms with E-state index in [0.717, 1.165) is 20.1 Å². The van der Waals surface area contributed by atoms with Gasteiger partial charge in [-0.3, -0.25) is 0 Å². The molecule has 0 unspecified atom stereocenters. The van der Waals surface area contributed by atoms with Crippen LogP contribution in [-0.4, -0.2) is 0 Å². The van der Waals surface area contributed by atoms with E-state index in [1.54, 1.807) is 22.7 Å². The number of hydrogen-bond donors (Lipinski definition) is 0. The summed E-state index contributed by atoms with van der Waals surface area (Å²) in [6, 6.07) is 9.89. The van der Waals surface area contributed by atoms with Crippen molar-refractivity contribution in [3.05, 3.63) is 55.5 Å². The molecule has 0 nitrogen and oxygen atoms in total. The van der Waals surface area contributed by atoms with Crippen LogP contribution in [0.1, 0.15) is 9.75 Å². The van der Waals surface area contributed by atoms with E-state index in [4.69, 9.17) is 23.2 Å². The molecule has 94 valence electrons. The number of halogens is 2. The predicted molar refractivity (Wildman–Crippen MR) is 85.6 cm³/mol. The van der Waals surface area contributed by atoms with Crippen LogP contribution >= 0.6 is 45.9 Å². The molecule has 4 heteroatoms. The van der Waals surface area contributed by atoms with E-state index in [0.29, 0.717) is 0 Å². The first-order valence-corrected chi connectivity index (χ1v) is 7.87. The maximum atomic E-state index is 5.99. The van der Waals surface area contributed by atoms with Crippen molar-refractivity contribution in [3.63, 3.8) is 0 Å². The second kappa shape index (κ2) is 6.07. The lowest BCUT2D eigenvalue weighted by molar-refractivity contribution is 1.64. The van der Waals surface area contributed by atoms with Crippen LogP contribution in [0.25, 0.3) is 10.1 Å². The van der Waals surface area contributed by atoms with Crippen molar-refractivity contribution in [2.45, 2.75) is 13.8 Å². The molecule has 3 rings (SSSR count). The summed E-state index contributed by atoms with van der Waals surface area (Å²) in [5, 5.41) is 4.70. The van der Waals surface area contributed by atoms with Crippen molar-refractivity contribution < 1.29 is 0 Å².